The van der Waals surface area contributed by atoms with E-state index >= 15 is 4.39 Å². The third kappa shape index (κ3) is 6.50. The Bertz CT molecular complexity index is 2160. The van der Waals surface area contributed by atoms with Crippen LogP contribution in [0, 0.1) is 17.3 Å². The molecule has 2 N–H and O–H groups in total. The maximum Gasteiger partial charge on any atom is 0.316 e. The number of alkyl halides is 1. The fraction of sp³-hybridized carbons (Fsp3) is 0.405. The Kier molecular flexibility index (Phi) is 9.70. The van der Waals surface area contributed by atoms with Crippen molar-refractivity contribution in [2.45, 2.75) is 89.1 Å². The third-order valence-corrected chi connectivity index (χ3v) is 17.7. The Labute approximate surface area is 305 Å². The number of hydrogen-bond acceptors (Lipinski definition) is 7. The summed E-state index contributed by atoms with van der Waals surface area (Å²) in [6.45, 7) is 15.0. The van der Waals surface area contributed by atoms with Gasteiger partial charge in [-0.15, -0.1) is 5.54 Å². The van der Waals surface area contributed by atoms with Crippen molar-refractivity contribution < 1.29 is 18.6 Å². The molecule has 2 aromatic heterocycles. The number of aromatic hydroxyl groups is 1. The average molecular weight is 720 g/mol. The zero-order valence-corrected chi connectivity index (χ0v) is 31.8. The Balaban J connectivity index is 1.39. The van der Waals surface area contributed by atoms with Gasteiger partial charge in [0.25, 0.3) is 0 Å². The number of benzene rings is 3. The number of pyridine rings is 1. The van der Waals surface area contributed by atoms with Crippen molar-refractivity contribution in [2.75, 3.05) is 25.0 Å². The van der Waals surface area contributed by atoms with Gasteiger partial charge < -0.3 is 15.2 Å². The molecule has 2 atom stereocenters. The van der Waals surface area contributed by atoms with E-state index in [0.29, 0.717) is 80.5 Å². The predicted octanol–water partition coefficient (Wildman–Crippen LogP) is 9.96. The van der Waals surface area contributed by atoms with Gasteiger partial charge in [0, 0.05) is 35.8 Å². The quantitative estimate of drug-likeness (QED) is 0.116. The molecule has 2 aliphatic rings. The van der Waals surface area contributed by atoms with Gasteiger partial charge >= 0.3 is 6.01 Å². The molecule has 0 radical (unpaired) electrons. The number of phenols is 1. The van der Waals surface area contributed by atoms with Crippen molar-refractivity contribution >= 4 is 41.3 Å². The highest BCUT2D eigenvalue weighted by atomic mass is 28.3. The fourth-order valence-electron chi connectivity index (χ4n) is 8.97. The number of rotatable bonds is 9. The summed E-state index contributed by atoms with van der Waals surface area (Å²) in [6, 6.07) is 18.0. The lowest BCUT2D eigenvalue weighted by atomic mass is 9.95. The van der Waals surface area contributed by atoms with Gasteiger partial charge in [0.15, 0.2) is 0 Å². The molecule has 2 aliphatic heterocycles. The molecule has 7 rings (SSSR count). The lowest BCUT2D eigenvalue weighted by Crippen LogP contribution is -2.43. The molecular formula is C42H47F2N5O2Si. The second-order valence-corrected chi connectivity index (χ2v) is 21.0. The SMILES string of the molecule is CC(C)[Si](C#Cc1c(F)ccc2cc(O)cc(-c3cc4nc(OC[C@@]56CCCN5C[C@H](F)C6)ncc4c(Nc4ccccc4)n3)c12)(C(C)C)C(C)C. The fourth-order valence-corrected chi connectivity index (χ4v) is 14.2. The molecule has 0 unspecified atom stereocenters. The molecular weight excluding hydrogens is 673 g/mol. The van der Waals surface area contributed by atoms with Crippen LogP contribution in [0.15, 0.2) is 66.9 Å². The summed E-state index contributed by atoms with van der Waals surface area (Å²) in [5, 5.41) is 16.3. The first kappa shape index (κ1) is 35.8. The Hall–Kier alpha value is -4.59. The van der Waals surface area contributed by atoms with Crippen LogP contribution in [0.2, 0.25) is 16.6 Å². The maximum absolute atomic E-state index is 16.1. The Morgan fingerprint density at radius 3 is 2.50 bits per heavy atom. The van der Waals surface area contributed by atoms with Gasteiger partial charge in [-0.2, -0.15) is 4.98 Å². The molecule has 4 heterocycles. The molecule has 10 heteroatoms. The number of halogens is 2. The summed E-state index contributed by atoms with van der Waals surface area (Å²) in [5.41, 5.74) is 7.13. The van der Waals surface area contributed by atoms with Gasteiger partial charge in [0.1, 0.15) is 38.2 Å². The van der Waals surface area contributed by atoms with Crippen LogP contribution in [0.4, 0.5) is 20.3 Å². The summed E-state index contributed by atoms with van der Waals surface area (Å²) in [5.74, 6) is 3.47. The number of aromatic nitrogens is 3. The van der Waals surface area contributed by atoms with Crippen LogP contribution in [0.3, 0.4) is 0 Å². The van der Waals surface area contributed by atoms with Crippen LogP contribution in [-0.2, 0) is 0 Å². The smallest absolute Gasteiger partial charge is 0.316 e. The molecule has 52 heavy (non-hydrogen) atoms. The first-order valence-corrected chi connectivity index (χ1v) is 20.6. The number of phenolic OH excluding ortho intramolecular Hbond substituents is 1. The molecule has 0 spiro atoms. The molecule has 2 fully saturated rings. The number of anilines is 2. The van der Waals surface area contributed by atoms with Crippen molar-refractivity contribution in [3.8, 4) is 34.5 Å². The van der Waals surface area contributed by atoms with E-state index in [1.165, 1.54) is 6.07 Å². The van der Waals surface area contributed by atoms with E-state index in [0.717, 1.165) is 25.1 Å². The number of nitrogens with one attached hydrogen (secondary N) is 1. The lowest BCUT2D eigenvalue weighted by molar-refractivity contribution is 0.107. The van der Waals surface area contributed by atoms with Gasteiger partial charge in [-0.25, -0.2) is 18.7 Å². The topological polar surface area (TPSA) is 83.4 Å². The van der Waals surface area contributed by atoms with Crippen molar-refractivity contribution in [1.29, 1.82) is 0 Å². The average Bonchev–Trinajstić information content (AvgIpc) is 3.63. The number of nitrogens with zero attached hydrogens (tertiary/aromatic N) is 4. The third-order valence-electron chi connectivity index (χ3n) is 11.4. The second kappa shape index (κ2) is 14.1. The molecule has 270 valence electrons. The van der Waals surface area contributed by atoms with Crippen LogP contribution in [-0.4, -0.2) is 64.4 Å². The van der Waals surface area contributed by atoms with Gasteiger partial charge in [0.05, 0.1) is 27.7 Å². The van der Waals surface area contributed by atoms with E-state index < -0.39 is 20.1 Å². The monoisotopic (exact) mass is 719 g/mol. The molecule has 2 saturated heterocycles. The molecule has 0 bridgehead atoms. The molecule has 0 aliphatic carbocycles. The summed E-state index contributed by atoms with van der Waals surface area (Å²) < 4.78 is 36.7. The first-order chi connectivity index (χ1) is 24.9. The highest BCUT2D eigenvalue weighted by Gasteiger charge is 2.49. The number of hydrogen-bond donors (Lipinski definition) is 2. The minimum absolute atomic E-state index is 0.0255. The van der Waals surface area contributed by atoms with Crippen LogP contribution in [0.25, 0.3) is 32.9 Å². The van der Waals surface area contributed by atoms with Crippen molar-refractivity contribution in [3.05, 3.63) is 78.2 Å². The van der Waals surface area contributed by atoms with E-state index in [9.17, 15) is 9.50 Å². The zero-order valence-electron chi connectivity index (χ0n) is 30.8. The molecule has 5 aromatic rings. The maximum atomic E-state index is 16.1. The Morgan fingerprint density at radius 2 is 1.77 bits per heavy atom. The van der Waals surface area contributed by atoms with Gasteiger partial charge in [-0.3, -0.25) is 4.90 Å². The zero-order chi connectivity index (χ0) is 36.8. The van der Waals surface area contributed by atoms with Crippen molar-refractivity contribution in [3.63, 3.8) is 0 Å². The van der Waals surface area contributed by atoms with E-state index in [1.54, 1.807) is 24.4 Å². The first-order valence-electron chi connectivity index (χ1n) is 18.4. The Morgan fingerprint density at radius 1 is 1.02 bits per heavy atom. The van der Waals surface area contributed by atoms with Gasteiger partial charge in [-0.05, 0) is 77.8 Å². The predicted molar refractivity (Wildman–Crippen MR) is 208 cm³/mol. The van der Waals surface area contributed by atoms with E-state index in [2.05, 4.69) is 68.2 Å². The van der Waals surface area contributed by atoms with E-state index in [4.69, 9.17) is 14.7 Å². The van der Waals surface area contributed by atoms with Crippen molar-refractivity contribution in [2.24, 2.45) is 0 Å². The van der Waals surface area contributed by atoms with E-state index in [-0.39, 0.29) is 17.3 Å². The molecule has 3 aromatic carbocycles. The minimum atomic E-state index is -2.21. The molecule has 7 nitrogen and oxygen atoms in total. The largest absolute Gasteiger partial charge is 0.508 e. The summed E-state index contributed by atoms with van der Waals surface area (Å²) in [6.07, 6.45) is 3.15. The minimum Gasteiger partial charge on any atom is -0.508 e. The van der Waals surface area contributed by atoms with Crippen LogP contribution < -0.4 is 10.1 Å². The van der Waals surface area contributed by atoms with Crippen LogP contribution in [0.1, 0.15) is 66.4 Å². The van der Waals surface area contributed by atoms with Gasteiger partial charge in [0.2, 0.25) is 0 Å². The number of fused-ring (bicyclic) bond motifs is 3. The summed E-state index contributed by atoms with van der Waals surface area (Å²) in [4.78, 5) is 16.6. The molecule has 0 saturated carbocycles. The normalized spacial score (nSPS) is 19.1. The number of para-hydroxylation sites is 1. The van der Waals surface area contributed by atoms with Crippen molar-refractivity contribution in [1.82, 2.24) is 19.9 Å². The summed E-state index contributed by atoms with van der Waals surface area (Å²) >= 11 is 0. The highest BCUT2D eigenvalue weighted by molar-refractivity contribution is 6.90. The number of ether oxygens (including phenoxy) is 1. The summed E-state index contributed by atoms with van der Waals surface area (Å²) in [7, 11) is -2.21. The highest BCUT2D eigenvalue weighted by Crippen LogP contribution is 2.43. The second-order valence-electron chi connectivity index (χ2n) is 15.5. The van der Waals surface area contributed by atoms with E-state index in [1.807, 2.05) is 36.4 Å². The van der Waals surface area contributed by atoms with Crippen LogP contribution in [0.5, 0.6) is 11.8 Å². The van der Waals surface area contributed by atoms with Gasteiger partial charge in [-0.1, -0.05) is 71.7 Å². The van der Waals surface area contributed by atoms with Crippen LogP contribution >= 0.6 is 0 Å². The molecule has 0 amide bonds. The lowest BCUT2D eigenvalue weighted by Gasteiger charge is -2.38. The standard InChI is InChI=1S/C42H47F2N5O2Si/c1-26(2)52(27(3)4,28(5)6)18-15-33-36(44)14-13-29-19-32(50)20-34(39(29)33)37-21-38-35(40(47-37)46-31-11-8-7-9-12-31)23-45-41(48-38)51-25-42-16-10-17-49(42)24-30(43)22-42/h7-9,11-14,19-21,23,26-28,30,50H,10,16-17,22,24-25H2,1-6H3,(H,46,47)/t30-,42+/m1/s1.